The Hall–Kier alpha value is -0.970. The zero-order valence-electron chi connectivity index (χ0n) is 10.6. The quantitative estimate of drug-likeness (QED) is 0.820. The van der Waals surface area contributed by atoms with Gasteiger partial charge in [-0.25, -0.2) is 0 Å². The van der Waals surface area contributed by atoms with E-state index in [1.807, 2.05) is 6.92 Å². The van der Waals surface area contributed by atoms with Crippen LogP contribution < -0.4 is 15.8 Å². The number of rotatable bonds is 6. The highest BCUT2D eigenvalue weighted by Crippen LogP contribution is 2.45. The Balaban J connectivity index is 1.98. The highest BCUT2D eigenvalue weighted by molar-refractivity contribution is 7.11. The van der Waals surface area contributed by atoms with Gasteiger partial charge in [-0.1, -0.05) is 13.3 Å². The third-order valence-electron chi connectivity index (χ3n) is 3.75. The first kappa shape index (κ1) is 12.5. The van der Waals surface area contributed by atoms with Crippen LogP contribution in [0.3, 0.4) is 0 Å². The van der Waals surface area contributed by atoms with Gasteiger partial charge in [-0.15, -0.1) is 0 Å². The van der Waals surface area contributed by atoms with Crippen LogP contribution in [-0.2, 0) is 0 Å². The van der Waals surface area contributed by atoms with Crippen molar-refractivity contribution in [2.45, 2.75) is 39.5 Å². The molecule has 0 amide bonds. The number of ether oxygens (including phenoxy) is 1. The van der Waals surface area contributed by atoms with Gasteiger partial charge in [0.25, 0.3) is 0 Å². The molecule has 0 saturated heterocycles. The SMILES string of the molecule is CCOc1c(N)nsc1NCC1(CC)CCC1. The van der Waals surface area contributed by atoms with Crippen LogP contribution in [-0.4, -0.2) is 17.5 Å². The van der Waals surface area contributed by atoms with Crippen LogP contribution in [0.1, 0.15) is 39.5 Å². The van der Waals surface area contributed by atoms with Gasteiger partial charge in [-0.05, 0) is 43.1 Å². The topological polar surface area (TPSA) is 60.2 Å². The first-order valence-electron chi connectivity index (χ1n) is 6.32. The van der Waals surface area contributed by atoms with Crippen molar-refractivity contribution >= 4 is 22.4 Å². The molecule has 1 aliphatic carbocycles. The van der Waals surface area contributed by atoms with E-state index in [0.29, 0.717) is 17.8 Å². The van der Waals surface area contributed by atoms with Crippen LogP contribution in [0.5, 0.6) is 5.75 Å². The molecule has 1 aliphatic rings. The number of anilines is 2. The van der Waals surface area contributed by atoms with Crippen molar-refractivity contribution in [1.82, 2.24) is 4.37 Å². The number of nitrogen functional groups attached to an aromatic ring is 1. The van der Waals surface area contributed by atoms with Crippen molar-refractivity contribution in [1.29, 1.82) is 0 Å². The number of nitrogens with zero attached hydrogens (tertiary/aromatic N) is 1. The van der Waals surface area contributed by atoms with Gasteiger partial charge in [0.2, 0.25) is 0 Å². The van der Waals surface area contributed by atoms with E-state index >= 15 is 0 Å². The lowest BCUT2D eigenvalue weighted by Gasteiger charge is -2.41. The van der Waals surface area contributed by atoms with Crippen LogP contribution in [0.4, 0.5) is 10.8 Å². The molecule has 1 saturated carbocycles. The molecule has 1 heterocycles. The average molecular weight is 255 g/mol. The maximum Gasteiger partial charge on any atom is 0.197 e. The van der Waals surface area contributed by atoms with Gasteiger partial charge in [0.15, 0.2) is 16.6 Å². The van der Waals surface area contributed by atoms with E-state index in [1.54, 1.807) is 0 Å². The van der Waals surface area contributed by atoms with Crippen molar-refractivity contribution in [2.75, 3.05) is 24.2 Å². The van der Waals surface area contributed by atoms with Gasteiger partial charge in [0, 0.05) is 6.54 Å². The van der Waals surface area contributed by atoms with E-state index in [-0.39, 0.29) is 0 Å². The molecule has 96 valence electrons. The Morgan fingerprint density at radius 3 is 2.76 bits per heavy atom. The van der Waals surface area contributed by atoms with E-state index in [2.05, 4.69) is 16.6 Å². The van der Waals surface area contributed by atoms with Crippen molar-refractivity contribution in [3.8, 4) is 5.75 Å². The summed E-state index contributed by atoms with van der Waals surface area (Å²) in [5.74, 6) is 1.22. The summed E-state index contributed by atoms with van der Waals surface area (Å²) in [4.78, 5) is 0. The van der Waals surface area contributed by atoms with E-state index in [0.717, 1.165) is 17.3 Å². The van der Waals surface area contributed by atoms with Crippen LogP contribution in [0, 0.1) is 5.41 Å². The molecule has 17 heavy (non-hydrogen) atoms. The van der Waals surface area contributed by atoms with Crippen molar-refractivity contribution in [2.24, 2.45) is 5.41 Å². The fourth-order valence-electron chi connectivity index (χ4n) is 2.29. The molecule has 0 unspecified atom stereocenters. The normalized spacial score (nSPS) is 17.5. The van der Waals surface area contributed by atoms with Gasteiger partial charge in [-0.2, -0.15) is 4.37 Å². The second-order valence-electron chi connectivity index (χ2n) is 4.72. The maximum absolute atomic E-state index is 5.78. The fraction of sp³-hybridized carbons (Fsp3) is 0.750. The lowest BCUT2D eigenvalue weighted by molar-refractivity contribution is 0.145. The molecule has 1 fully saturated rings. The summed E-state index contributed by atoms with van der Waals surface area (Å²) in [6.45, 7) is 5.85. The van der Waals surface area contributed by atoms with Crippen LogP contribution in [0.25, 0.3) is 0 Å². The molecule has 0 aromatic carbocycles. The molecule has 1 aromatic heterocycles. The smallest absolute Gasteiger partial charge is 0.197 e. The molecule has 5 heteroatoms. The van der Waals surface area contributed by atoms with Crippen molar-refractivity contribution in [3.05, 3.63) is 0 Å². The van der Waals surface area contributed by atoms with Crippen molar-refractivity contribution < 1.29 is 4.74 Å². The fourth-order valence-corrected chi connectivity index (χ4v) is 2.95. The lowest BCUT2D eigenvalue weighted by atomic mass is 9.67. The standard InChI is InChI=1S/C12H21N3OS/c1-3-12(6-5-7-12)8-14-11-9(16-4-2)10(13)15-17-11/h14H,3-8H2,1-2H3,(H2,13,15). The van der Waals surface area contributed by atoms with E-state index in [1.165, 1.54) is 37.2 Å². The van der Waals surface area contributed by atoms with Gasteiger partial charge >= 0.3 is 0 Å². The summed E-state index contributed by atoms with van der Waals surface area (Å²) in [7, 11) is 0. The van der Waals surface area contributed by atoms with Crippen LogP contribution in [0.15, 0.2) is 0 Å². The Bertz CT molecular complexity index is 368. The minimum atomic E-state index is 0.488. The first-order valence-corrected chi connectivity index (χ1v) is 7.10. The number of aromatic nitrogens is 1. The third kappa shape index (κ3) is 2.49. The van der Waals surface area contributed by atoms with Gasteiger partial charge < -0.3 is 15.8 Å². The molecule has 4 nitrogen and oxygen atoms in total. The molecule has 0 radical (unpaired) electrons. The molecule has 0 spiro atoms. The molecule has 3 N–H and O–H groups in total. The zero-order valence-corrected chi connectivity index (χ0v) is 11.4. The molecule has 0 atom stereocenters. The second-order valence-corrected chi connectivity index (χ2v) is 5.49. The Morgan fingerprint density at radius 2 is 2.24 bits per heavy atom. The summed E-state index contributed by atoms with van der Waals surface area (Å²) in [5.41, 5.74) is 6.27. The molecule has 0 aliphatic heterocycles. The van der Waals surface area contributed by atoms with Gasteiger partial charge in [0.1, 0.15) is 0 Å². The van der Waals surface area contributed by atoms with E-state index in [4.69, 9.17) is 10.5 Å². The maximum atomic E-state index is 5.78. The Labute approximate surface area is 107 Å². The molecular weight excluding hydrogens is 234 g/mol. The van der Waals surface area contributed by atoms with E-state index in [9.17, 15) is 0 Å². The minimum Gasteiger partial charge on any atom is -0.487 e. The number of hydrogen-bond acceptors (Lipinski definition) is 5. The van der Waals surface area contributed by atoms with Gasteiger partial charge in [-0.3, -0.25) is 0 Å². The summed E-state index contributed by atoms with van der Waals surface area (Å²) in [6.07, 6.45) is 5.25. The Kier molecular flexibility index (Phi) is 3.76. The summed E-state index contributed by atoms with van der Waals surface area (Å²) < 4.78 is 9.66. The van der Waals surface area contributed by atoms with Crippen LogP contribution >= 0.6 is 11.5 Å². The summed E-state index contributed by atoms with van der Waals surface area (Å²) >= 11 is 1.39. The molecular formula is C12H21N3OS. The number of nitrogens with one attached hydrogen (secondary N) is 1. The number of hydrogen-bond donors (Lipinski definition) is 2. The van der Waals surface area contributed by atoms with Gasteiger partial charge in [0.05, 0.1) is 6.61 Å². The zero-order chi connectivity index (χ0) is 12.3. The second kappa shape index (κ2) is 5.12. The lowest BCUT2D eigenvalue weighted by Crippen LogP contribution is -2.35. The third-order valence-corrected chi connectivity index (χ3v) is 4.55. The summed E-state index contributed by atoms with van der Waals surface area (Å²) in [6, 6.07) is 0. The first-order chi connectivity index (χ1) is 8.21. The summed E-state index contributed by atoms with van der Waals surface area (Å²) in [5, 5.41) is 4.44. The molecule has 2 rings (SSSR count). The predicted molar refractivity (Wildman–Crippen MR) is 72.8 cm³/mol. The molecule has 0 bridgehead atoms. The van der Waals surface area contributed by atoms with E-state index < -0.39 is 0 Å². The minimum absolute atomic E-state index is 0.488. The predicted octanol–water partition coefficient (Wildman–Crippen LogP) is 3.12. The largest absolute Gasteiger partial charge is 0.487 e. The van der Waals surface area contributed by atoms with Crippen molar-refractivity contribution in [3.63, 3.8) is 0 Å². The monoisotopic (exact) mass is 255 g/mol. The highest BCUT2D eigenvalue weighted by Gasteiger charge is 2.35. The average Bonchev–Trinajstić information content (AvgIpc) is 2.61. The highest BCUT2D eigenvalue weighted by atomic mass is 32.1. The molecule has 1 aromatic rings. The van der Waals surface area contributed by atoms with Crippen LogP contribution in [0.2, 0.25) is 0 Å². The Morgan fingerprint density at radius 1 is 1.47 bits per heavy atom. The number of nitrogens with two attached hydrogens (primary N) is 1.